The van der Waals surface area contributed by atoms with E-state index in [-0.39, 0.29) is 11.9 Å². The Morgan fingerprint density at radius 1 is 1.36 bits per heavy atom. The van der Waals surface area contributed by atoms with Crippen molar-refractivity contribution in [2.45, 2.75) is 45.6 Å². The average Bonchev–Trinajstić information content (AvgIpc) is 3.15. The van der Waals surface area contributed by atoms with Crippen LogP contribution in [0.1, 0.15) is 66.0 Å². The number of hydrogen-bond donors (Lipinski definition) is 0. The summed E-state index contributed by atoms with van der Waals surface area (Å²) >= 11 is 0. The van der Waals surface area contributed by atoms with E-state index in [0.29, 0.717) is 5.92 Å². The van der Waals surface area contributed by atoms with Gasteiger partial charge in [0.1, 0.15) is 0 Å². The van der Waals surface area contributed by atoms with Crippen molar-refractivity contribution in [1.29, 1.82) is 0 Å². The molecule has 4 heteroatoms. The van der Waals surface area contributed by atoms with E-state index in [9.17, 15) is 4.79 Å². The summed E-state index contributed by atoms with van der Waals surface area (Å²) < 4.78 is 5.51. The standard InChI is InChI=1S/C18H22N2O2/c1-12(2)15-11-17(22-19-15)16-8-5-9-20(16)18(21)14-7-4-6-13(3)10-14/h4,6-7,10-12,16H,5,8-9H2,1-3H3. The molecule has 1 aromatic carbocycles. The van der Waals surface area contributed by atoms with Gasteiger partial charge in [0.05, 0.1) is 11.7 Å². The summed E-state index contributed by atoms with van der Waals surface area (Å²) in [6.07, 6.45) is 1.93. The highest BCUT2D eigenvalue weighted by atomic mass is 16.5. The van der Waals surface area contributed by atoms with Crippen LogP contribution in [0.25, 0.3) is 0 Å². The molecule has 3 rings (SSSR count). The summed E-state index contributed by atoms with van der Waals surface area (Å²) in [4.78, 5) is 14.7. The smallest absolute Gasteiger partial charge is 0.254 e. The third kappa shape index (κ3) is 2.78. The normalized spacial score (nSPS) is 18.2. The molecule has 1 atom stereocenters. The molecule has 1 aromatic heterocycles. The Morgan fingerprint density at radius 2 is 2.18 bits per heavy atom. The summed E-state index contributed by atoms with van der Waals surface area (Å²) in [5.74, 6) is 1.22. The quantitative estimate of drug-likeness (QED) is 0.857. The topological polar surface area (TPSA) is 46.3 Å². The van der Waals surface area contributed by atoms with Gasteiger partial charge in [0.2, 0.25) is 0 Å². The van der Waals surface area contributed by atoms with Crippen LogP contribution < -0.4 is 0 Å². The van der Waals surface area contributed by atoms with Crippen molar-refractivity contribution in [2.75, 3.05) is 6.54 Å². The van der Waals surface area contributed by atoms with Crippen molar-refractivity contribution in [2.24, 2.45) is 0 Å². The monoisotopic (exact) mass is 298 g/mol. The summed E-state index contributed by atoms with van der Waals surface area (Å²) in [5, 5.41) is 4.13. The maximum absolute atomic E-state index is 12.8. The number of aryl methyl sites for hydroxylation is 1. The summed E-state index contributed by atoms with van der Waals surface area (Å²) in [6.45, 7) is 6.96. The fourth-order valence-electron chi connectivity index (χ4n) is 2.98. The van der Waals surface area contributed by atoms with Crippen molar-refractivity contribution >= 4 is 5.91 Å². The van der Waals surface area contributed by atoms with Crippen LogP contribution in [-0.2, 0) is 0 Å². The van der Waals surface area contributed by atoms with Gasteiger partial charge in [-0.2, -0.15) is 0 Å². The molecular formula is C18H22N2O2. The highest BCUT2D eigenvalue weighted by Gasteiger charge is 2.33. The molecule has 22 heavy (non-hydrogen) atoms. The molecule has 0 aliphatic carbocycles. The lowest BCUT2D eigenvalue weighted by Crippen LogP contribution is -2.30. The predicted molar refractivity (Wildman–Crippen MR) is 84.8 cm³/mol. The Hall–Kier alpha value is -2.10. The van der Waals surface area contributed by atoms with E-state index in [1.165, 1.54) is 0 Å². The first-order chi connectivity index (χ1) is 10.6. The number of benzene rings is 1. The van der Waals surface area contributed by atoms with E-state index in [0.717, 1.165) is 42.0 Å². The molecule has 1 amide bonds. The maximum atomic E-state index is 12.8. The van der Waals surface area contributed by atoms with Crippen LogP contribution >= 0.6 is 0 Å². The second-order valence-corrected chi connectivity index (χ2v) is 6.33. The Labute approximate surface area is 131 Å². The molecule has 1 fully saturated rings. The fraction of sp³-hybridized carbons (Fsp3) is 0.444. The molecule has 0 spiro atoms. The van der Waals surface area contributed by atoms with E-state index >= 15 is 0 Å². The summed E-state index contributed by atoms with van der Waals surface area (Å²) in [5.41, 5.74) is 2.80. The van der Waals surface area contributed by atoms with E-state index in [1.807, 2.05) is 42.2 Å². The first-order valence-corrected chi connectivity index (χ1v) is 7.90. The number of carbonyl (C=O) groups is 1. The van der Waals surface area contributed by atoms with E-state index in [1.54, 1.807) is 0 Å². The lowest BCUT2D eigenvalue weighted by Gasteiger charge is -2.22. The first kappa shape index (κ1) is 14.8. The number of likely N-dealkylation sites (tertiary alicyclic amines) is 1. The molecular weight excluding hydrogens is 276 g/mol. The molecule has 0 saturated carbocycles. The zero-order chi connectivity index (χ0) is 15.7. The number of rotatable bonds is 3. The van der Waals surface area contributed by atoms with Crippen LogP contribution in [0.3, 0.4) is 0 Å². The van der Waals surface area contributed by atoms with Gasteiger partial charge in [0.15, 0.2) is 5.76 Å². The van der Waals surface area contributed by atoms with Crippen molar-refractivity contribution in [1.82, 2.24) is 10.1 Å². The van der Waals surface area contributed by atoms with Crippen molar-refractivity contribution in [3.05, 3.63) is 52.9 Å². The Morgan fingerprint density at radius 3 is 2.86 bits per heavy atom. The van der Waals surface area contributed by atoms with Crippen LogP contribution in [0.4, 0.5) is 0 Å². The zero-order valence-electron chi connectivity index (χ0n) is 13.4. The van der Waals surface area contributed by atoms with Gasteiger partial charge in [0, 0.05) is 18.2 Å². The maximum Gasteiger partial charge on any atom is 0.254 e. The van der Waals surface area contributed by atoms with Crippen molar-refractivity contribution < 1.29 is 9.32 Å². The number of carbonyl (C=O) groups excluding carboxylic acids is 1. The molecule has 1 unspecified atom stereocenters. The fourth-order valence-corrected chi connectivity index (χ4v) is 2.98. The molecule has 2 aromatic rings. The van der Waals surface area contributed by atoms with Gasteiger partial charge in [-0.05, 0) is 37.8 Å². The van der Waals surface area contributed by atoms with Crippen LogP contribution in [0.5, 0.6) is 0 Å². The molecule has 116 valence electrons. The van der Waals surface area contributed by atoms with Gasteiger partial charge in [-0.25, -0.2) is 0 Å². The minimum Gasteiger partial charge on any atom is -0.359 e. The van der Waals surface area contributed by atoms with Gasteiger partial charge in [0.25, 0.3) is 5.91 Å². The van der Waals surface area contributed by atoms with Gasteiger partial charge in [-0.1, -0.05) is 36.7 Å². The van der Waals surface area contributed by atoms with Gasteiger partial charge < -0.3 is 9.42 Å². The van der Waals surface area contributed by atoms with Crippen LogP contribution in [-0.4, -0.2) is 22.5 Å². The van der Waals surface area contributed by atoms with Crippen molar-refractivity contribution in [3.63, 3.8) is 0 Å². The van der Waals surface area contributed by atoms with Crippen molar-refractivity contribution in [3.8, 4) is 0 Å². The van der Waals surface area contributed by atoms with E-state index in [4.69, 9.17) is 4.52 Å². The molecule has 0 radical (unpaired) electrons. The first-order valence-electron chi connectivity index (χ1n) is 7.90. The number of aromatic nitrogens is 1. The largest absolute Gasteiger partial charge is 0.359 e. The van der Waals surface area contributed by atoms with E-state index in [2.05, 4.69) is 19.0 Å². The summed E-state index contributed by atoms with van der Waals surface area (Å²) in [7, 11) is 0. The summed E-state index contributed by atoms with van der Waals surface area (Å²) in [6, 6.07) is 9.76. The molecule has 2 heterocycles. The second kappa shape index (κ2) is 5.95. The van der Waals surface area contributed by atoms with Crippen LogP contribution in [0, 0.1) is 6.92 Å². The lowest BCUT2D eigenvalue weighted by molar-refractivity contribution is 0.0714. The molecule has 1 saturated heterocycles. The highest BCUT2D eigenvalue weighted by Crippen LogP contribution is 2.34. The Bertz CT molecular complexity index is 675. The number of amides is 1. The number of nitrogens with zero attached hydrogens (tertiary/aromatic N) is 2. The Kier molecular flexibility index (Phi) is 4.01. The molecule has 1 aliphatic heterocycles. The minimum atomic E-state index is 0.00742. The second-order valence-electron chi connectivity index (χ2n) is 6.33. The SMILES string of the molecule is Cc1cccc(C(=O)N2CCCC2c2cc(C(C)C)no2)c1. The van der Waals surface area contributed by atoms with Crippen LogP contribution in [0.15, 0.2) is 34.9 Å². The van der Waals surface area contributed by atoms with Gasteiger partial charge >= 0.3 is 0 Å². The molecule has 0 bridgehead atoms. The number of hydrogen-bond acceptors (Lipinski definition) is 3. The highest BCUT2D eigenvalue weighted by molar-refractivity contribution is 5.94. The van der Waals surface area contributed by atoms with E-state index < -0.39 is 0 Å². The molecule has 4 nitrogen and oxygen atoms in total. The molecule has 1 aliphatic rings. The average molecular weight is 298 g/mol. The minimum absolute atomic E-state index is 0.00742. The third-order valence-corrected chi connectivity index (χ3v) is 4.25. The zero-order valence-corrected chi connectivity index (χ0v) is 13.4. The molecule has 0 N–H and O–H groups in total. The Balaban J connectivity index is 1.84. The third-order valence-electron chi connectivity index (χ3n) is 4.25. The lowest BCUT2D eigenvalue weighted by atomic mass is 10.1. The van der Waals surface area contributed by atoms with Gasteiger partial charge in [-0.15, -0.1) is 0 Å². The van der Waals surface area contributed by atoms with Crippen LogP contribution in [0.2, 0.25) is 0 Å². The van der Waals surface area contributed by atoms with Gasteiger partial charge in [-0.3, -0.25) is 4.79 Å². The predicted octanol–water partition coefficient (Wildman–Crippen LogP) is 4.08.